The molecular formula is C27H38NO3+. The number of aliphatic hydroxyl groups is 1. The van der Waals surface area contributed by atoms with E-state index in [-0.39, 0.29) is 23.4 Å². The summed E-state index contributed by atoms with van der Waals surface area (Å²) in [6.07, 6.45) is 8.11. The lowest BCUT2D eigenvalue weighted by Crippen LogP contribution is -3.14. The lowest BCUT2D eigenvalue weighted by Gasteiger charge is -2.50. The van der Waals surface area contributed by atoms with Gasteiger partial charge in [-0.05, 0) is 49.0 Å². The summed E-state index contributed by atoms with van der Waals surface area (Å²) in [5, 5.41) is 11.1. The number of hydrogen-bond acceptors (Lipinski definition) is 3. The number of hydrogen-bond donors (Lipinski definition) is 2. The third kappa shape index (κ3) is 4.09. The molecule has 2 aliphatic carbocycles. The van der Waals surface area contributed by atoms with Gasteiger partial charge in [-0.15, -0.1) is 0 Å². The van der Waals surface area contributed by atoms with Crippen molar-refractivity contribution in [3.05, 3.63) is 48.0 Å². The quantitative estimate of drug-likeness (QED) is 0.577. The zero-order chi connectivity index (χ0) is 21.6. The van der Waals surface area contributed by atoms with Crippen molar-refractivity contribution in [2.75, 3.05) is 19.6 Å². The molecule has 0 amide bonds. The first-order chi connectivity index (χ1) is 14.9. The summed E-state index contributed by atoms with van der Waals surface area (Å²) in [4.78, 5) is 14.3. The highest BCUT2D eigenvalue weighted by Gasteiger charge is 2.56. The van der Waals surface area contributed by atoms with E-state index in [1.165, 1.54) is 28.9 Å². The lowest BCUT2D eigenvalue weighted by atomic mass is 9.55. The Morgan fingerprint density at radius 1 is 1.19 bits per heavy atom. The van der Waals surface area contributed by atoms with Gasteiger partial charge in [0, 0.05) is 25.2 Å². The molecule has 2 heterocycles. The van der Waals surface area contributed by atoms with Crippen LogP contribution in [-0.4, -0.2) is 42.4 Å². The van der Waals surface area contributed by atoms with E-state index < -0.39 is 5.60 Å². The van der Waals surface area contributed by atoms with Crippen molar-refractivity contribution in [1.29, 1.82) is 0 Å². The third-order valence-corrected chi connectivity index (χ3v) is 9.09. The first-order valence-corrected chi connectivity index (χ1v) is 12.3. The Labute approximate surface area is 186 Å². The smallest absolute Gasteiger partial charge is 0.315 e. The molecule has 4 nitrogen and oxygen atoms in total. The molecule has 2 aliphatic heterocycles. The zero-order valence-corrected chi connectivity index (χ0v) is 18.9. The molecule has 0 unspecified atom stereocenters. The Morgan fingerprint density at radius 2 is 1.94 bits per heavy atom. The van der Waals surface area contributed by atoms with E-state index >= 15 is 0 Å². The average Bonchev–Trinajstić information content (AvgIpc) is 3.02. The first-order valence-electron chi connectivity index (χ1n) is 12.3. The van der Waals surface area contributed by atoms with Crippen molar-refractivity contribution in [2.24, 2.45) is 23.2 Å². The molecule has 0 aromatic heterocycles. The summed E-state index contributed by atoms with van der Waals surface area (Å²) in [7, 11) is 0. The first kappa shape index (κ1) is 21.2. The number of quaternary nitrogens is 1. The minimum Gasteiger partial charge on any atom is -0.462 e. The Balaban J connectivity index is 1.21. The third-order valence-electron chi connectivity index (χ3n) is 9.09. The number of allylic oxidation sites excluding steroid dienone is 1. The van der Waals surface area contributed by atoms with Crippen LogP contribution in [0.5, 0.6) is 0 Å². The molecule has 0 bridgehead atoms. The van der Waals surface area contributed by atoms with Gasteiger partial charge in [0.25, 0.3) is 0 Å². The van der Waals surface area contributed by atoms with E-state index in [9.17, 15) is 9.90 Å². The second-order valence-electron chi connectivity index (χ2n) is 11.2. The number of nitrogens with one attached hydrogen (secondary N) is 1. The maximum atomic E-state index is 12.9. The van der Waals surface area contributed by atoms with Crippen molar-refractivity contribution in [3.63, 3.8) is 0 Å². The number of esters is 1. The van der Waals surface area contributed by atoms with Gasteiger partial charge in [0.1, 0.15) is 12.0 Å². The van der Waals surface area contributed by atoms with Crippen LogP contribution in [0.4, 0.5) is 0 Å². The van der Waals surface area contributed by atoms with Gasteiger partial charge >= 0.3 is 5.97 Å². The second-order valence-corrected chi connectivity index (χ2v) is 11.2. The molecule has 31 heavy (non-hydrogen) atoms. The normalized spacial score (nSPS) is 42.6. The van der Waals surface area contributed by atoms with Gasteiger partial charge in [-0.2, -0.15) is 0 Å². The van der Waals surface area contributed by atoms with E-state index in [1.807, 2.05) is 18.2 Å². The summed E-state index contributed by atoms with van der Waals surface area (Å²) < 4.78 is 5.96. The predicted molar refractivity (Wildman–Crippen MR) is 121 cm³/mol. The number of benzene rings is 1. The molecule has 4 aliphatic rings. The van der Waals surface area contributed by atoms with Gasteiger partial charge in [-0.3, -0.25) is 4.79 Å². The monoisotopic (exact) mass is 424 g/mol. The van der Waals surface area contributed by atoms with E-state index in [0.29, 0.717) is 11.8 Å². The maximum Gasteiger partial charge on any atom is 0.315 e. The summed E-state index contributed by atoms with van der Waals surface area (Å²) in [5.41, 5.74) is 2.25. The van der Waals surface area contributed by atoms with Crippen LogP contribution in [0, 0.1) is 23.2 Å². The molecule has 168 valence electrons. The maximum absolute atomic E-state index is 12.9. The molecule has 1 aromatic carbocycles. The highest BCUT2D eigenvalue weighted by atomic mass is 16.6. The van der Waals surface area contributed by atoms with Gasteiger partial charge in [0.15, 0.2) is 0 Å². The van der Waals surface area contributed by atoms with Crippen LogP contribution in [0.25, 0.3) is 0 Å². The Morgan fingerprint density at radius 3 is 2.68 bits per heavy atom. The van der Waals surface area contributed by atoms with Crippen molar-refractivity contribution in [1.82, 2.24) is 0 Å². The van der Waals surface area contributed by atoms with Gasteiger partial charge in [-0.25, -0.2) is 0 Å². The number of rotatable bonds is 4. The molecule has 5 rings (SSSR count). The highest BCUT2D eigenvalue weighted by Crippen LogP contribution is 2.56. The summed E-state index contributed by atoms with van der Waals surface area (Å²) in [5.74, 6) is 0.935. The summed E-state index contributed by atoms with van der Waals surface area (Å²) >= 11 is 0. The minimum absolute atomic E-state index is 0.0135. The number of fused-ring (bicyclic) bond motifs is 2. The molecule has 1 aromatic rings. The largest absolute Gasteiger partial charge is 0.462 e. The number of likely N-dealkylation sites (tertiary alicyclic amines) is 1. The number of carbonyl (C=O) groups excluding carboxylic acids is 1. The van der Waals surface area contributed by atoms with Crippen LogP contribution in [0.1, 0.15) is 57.4 Å². The van der Waals surface area contributed by atoms with Crippen molar-refractivity contribution < 1.29 is 19.5 Å². The fourth-order valence-corrected chi connectivity index (χ4v) is 7.23. The molecule has 4 fully saturated rings. The fraction of sp³-hybridized carbons (Fsp3) is 0.667. The van der Waals surface area contributed by atoms with Crippen LogP contribution in [0.15, 0.2) is 42.5 Å². The number of carbonyl (C=O) groups is 1. The molecular weight excluding hydrogens is 386 g/mol. The Kier molecular flexibility index (Phi) is 5.50. The van der Waals surface area contributed by atoms with Crippen molar-refractivity contribution in [3.8, 4) is 0 Å². The van der Waals surface area contributed by atoms with Crippen LogP contribution < -0.4 is 4.90 Å². The molecule has 0 spiro atoms. The van der Waals surface area contributed by atoms with E-state index in [1.54, 1.807) is 0 Å². The van der Waals surface area contributed by atoms with E-state index in [2.05, 4.69) is 25.6 Å². The van der Waals surface area contributed by atoms with Gasteiger partial charge in [0.2, 0.25) is 0 Å². The Bertz CT molecular complexity index is 828. The molecule has 2 saturated heterocycles. The zero-order valence-electron chi connectivity index (χ0n) is 18.9. The SMILES string of the molecule is C=C1CCC[C@]2(C)C[C@H]3OC(=O)[C@H](C[NH+]4CCC(O)(Cc5ccccc5)CC4)[C@H]3C[C@H]12. The number of ether oxygens (including phenoxy) is 1. The molecule has 0 radical (unpaired) electrons. The summed E-state index contributed by atoms with van der Waals surface area (Å²) in [6, 6.07) is 10.3. The minimum atomic E-state index is -0.615. The van der Waals surface area contributed by atoms with E-state index in [4.69, 9.17) is 4.74 Å². The predicted octanol–water partition coefficient (Wildman–Crippen LogP) is 2.95. The number of piperidine rings is 1. The second kappa shape index (κ2) is 8.04. The molecule has 4 heteroatoms. The fourth-order valence-electron chi connectivity index (χ4n) is 7.23. The molecule has 2 N–H and O–H groups in total. The van der Waals surface area contributed by atoms with Crippen molar-refractivity contribution >= 4 is 5.97 Å². The Hall–Kier alpha value is -1.65. The van der Waals surface area contributed by atoms with Gasteiger partial charge < -0.3 is 14.7 Å². The van der Waals surface area contributed by atoms with Crippen LogP contribution in [0.2, 0.25) is 0 Å². The summed E-state index contributed by atoms with van der Waals surface area (Å²) in [6.45, 7) is 9.52. The van der Waals surface area contributed by atoms with E-state index in [0.717, 1.165) is 58.2 Å². The topological polar surface area (TPSA) is 51.0 Å². The standard InChI is InChI=1S/C27H37NO3/c1-19-7-6-10-26(2)17-24-21(15-23(19)26)22(25(29)31-24)18-28-13-11-27(30,12-14-28)16-20-8-4-3-5-9-20/h3-5,8-9,21-24,30H,1,6-7,10-18H2,2H3/p+1/t21-,22-,23-,24-,26-/m1/s1. The molecule has 2 saturated carbocycles. The van der Waals surface area contributed by atoms with Crippen molar-refractivity contribution in [2.45, 2.75) is 70.0 Å². The van der Waals surface area contributed by atoms with Crippen LogP contribution in [0.3, 0.4) is 0 Å². The van der Waals surface area contributed by atoms with Gasteiger partial charge in [0.05, 0.1) is 25.2 Å². The molecule has 5 atom stereocenters. The average molecular weight is 425 g/mol. The van der Waals surface area contributed by atoms with Crippen LogP contribution in [-0.2, 0) is 16.0 Å². The lowest BCUT2D eigenvalue weighted by molar-refractivity contribution is -0.910. The highest BCUT2D eigenvalue weighted by molar-refractivity contribution is 5.75. The van der Waals surface area contributed by atoms with Gasteiger partial charge in [-0.1, -0.05) is 49.4 Å². The van der Waals surface area contributed by atoms with Crippen LogP contribution >= 0.6 is 0 Å².